The highest BCUT2D eigenvalue weighted by Gasteiger charge is 2.27. The van der Waals surface area contributed by atoms with Gasteiger partial charge in [0.05, 0.1) is 24.1 Å². The molecule has 1 aromatic rings. The van der Waals surface area contributed by atoms with Gasteiger partial charge in [-0.05, 0) is 43.2 Å². The lowest BCUT2D eigenvalue weighted by Gasteiger charge is -2.34. The van der Waals surface area contributed by atoms with Crippen molar-refractivity contribution in [2.24, 2.45) is 11.1 Å². The first-order valence-corrected chi connectivity index (χ1v) is 7.80. The van der Waals surface area contributed by atoms with Gasteiger partial charge >= 0.3 is 0 Å². The van der Waals surface area contributed by atoms with Crippen LogP contribution in [-0.4, -0.2) is 12.6 Å². The second kappa shape index (κ2) is 6.56. The van der Waals surface area contributed by atoms with Crippen LogP contribution in [0.5, 0.6) is 0 Å². The van der Waals surface area contributed by atoms with Crippen LogP contribution in [0.25, 0.3) is 0 Å². The molecule has 0 aliphatic heterocycles. The molecule has 1 saturated carbocycles. The molecule has 19 heavy (non-hydrogen) atoms. The molecule has 3 heteroatoms. The van der Waals surface area contributed by atoms with E-state index >= 15 is 0 Å². The Bertz CT molecular complexity index is 457. The van der Waals surface area contributed by atoms with Gasteiger partial charge in [0.25, 0.3) is 0 Å². The molecule has 0 unspecified atom stereocenters. The smallest absolute Gasteiger partial charge is 0.0813 e. The molecule has 1 fully saturated rings. The zero-order chi connectivity index (χ0) is 13.7. The first-order chi connectivity index (χ1) is 9.09. The minimum absolute atomic E-state index is 0.418. The monoisotopic (exact) mass is 277 g/mol. The molecule has 2 N–H and O–H groups in total. The zero-order valence-corrected chi connectivity index (χ0v) is 12.7. The standard InChI is InChI=1S/C16H23NOS/c1-16(2)9-7-13(8-10-16)18-12-15-6-5-14(19-15)4-3-11-17/h5-6,13H,7-12,17H2,1-2H3. The fourth-order valence-electron chi connectivity index (χ4n) is 2.40. The highest BCUT2D eigenvalue weighted by molar-refractivity contribution is 7.12. The Balaban J connectivity index is 1.78. The minimum atomic E-state index is 0.418. The summed E-state index contributed by atoms with van der Waals surface area (Å²) in [4.78, 5) is 2.33. The summed E-state index contributed by atoms with van der Waals surface area (Å²) in [5, 5.41) is 0. The summed E-state index contributed by atoms with van der Waals surface area (Å²) in [7, 11) is 0. The van der Waals surface area contributed by atoms with E-state index in [0.29, 0.717) is 18.1 Å². The van der Waals surface area contributed by atoms with Crippen molar-refractivity contribution in [1.82, 2.24) is 0 Å². The predicted molar refractivity (Wildman–Crippen MR) is 81.1 cm³/mol. The fourth-order valence-corrected chi connectivity index (χ4v) is 3.21. The molecule has 0 bridgehead atoms. The van der Waals surface area contributed by atoms with Crippen molar-refractivity contribution in [2.45, 2.75) is 52.2 Å². The Labute approximate surface area is 120 Å². The summed E-state index contributed by atoms with van der Waals surface area (Å²) in [5.74, 6) is 5.94. The van der Waals surface area contributed by atoms with E-state index in [9.17, 15) is 0 Å². The van der Waals surface area contributed by atoms with Crippen LogP contribution in [-0.2, 0) is 11.3 Å². The summed E-state index contributed by atoms with van der Waals surface area (Å²) in [5.41, 5.74) is 5.88. The Morgan fingerprint density at radius 3 is 2.79 bits per heavy atom. The van der Waals surface area contributed by atoms with Crippen LogP contribution in [0.3, 0.4) is 0 Å². The van der Waals surface area contributed by atoms with E-state index in [1.54, 1.807) is 11.3 Å². The molecular weight excluding hydrogens is 254 g/mol. The number of ether oxygens (including phenoxy) is 1. The number of rotatable bonds is 3. The maximum atomic E-state index is 6.02. The molecule has 1 aliphatic rings. The van der Waals surface area contributed by atoms with Crippen molar-refractivity contribution in [3.8, 4) is 11.8 Å². The second-order valence-corrected chi connectivity index (χ2v) is 7.11. The average molecular weight is 277 g/mol. The van der Waals surface area contributed by atoms with Crippen molar-refractivity contribution in [3.63, 3.8) is 0 Å². The van der Waals surface area contributed by atoms with Crippen LogP contribution in [0.2, 0.25) is 0 Å². The lowest BCUT2D eigenvalue weighted by molar-refractivity contribution is -0.00448. The Kier molecular flexibility index (Phi) is 5.04. The molecule has 2 nitrogen and oxygen atoms in total. The molecule has 0 aromatic carbocycles. The van der Waals surface area contributed by atoms with E-state index in [4.69, 9.17) is 10.5 Å². The largest absolute Gasteiger partial charge is 0.373 e. The average Bonchev–Trinajstić information content (AvgIpc) is 2.83. The van der Waals surface area contributed by atoms with Gasteiger partial charge in [0.1, 0.15) is 0 Å². The Morgan fingerprint density at radius 1 is 1.37 bits per heavy atom. The maximum absolute atomic E-state index is 6.02. The molecule has 1 aromatic heterocycles. The minimum Gasteiger partial charge on any atom is -0.373 e. The molecular formula is C16H23NOS. The van der Waals surface area contributed by atoms with Gasteiger partial charge in [-0.2, -0.15) is 0 Å². The third-order valence-corrected chi connectivity index (χ3v) is 4.70. The summed E-state index contributed by atoms with van der Waals surface area (Å²) in [6, 6.07) is 4.16. The second-order valence-electron chi connectivity index (χ2n) is 5.95. The van der Waals surface area contributed by atoms with Crippen molar-refractivity contribution in [2.75, 3.05) is 6.54 Å². The van der Waals surface area contributed by atoms with Crippen LogP contribution >= 0.6 is 11.3 Å². The first kappa shape index (κ1) is 14.6. The van der Waals surface area contributed by atoms with Crippen molar-refractivity contribution in [3.05, 3.63) is 21.9 Å². The topological polar surface area (TPSA) is 35.2 Å². The maximum Gasteiger partial charge on any atom is 0.0813 e. The summed E-state index contributed by atoms with van der Waals surface area (Å²) in [6.45, 7) is 5.84. The summed E-state index contributed by atoms with van der Waals surface area (Å²) < 4.78 is 6.02. The van der Waals surface area contributed by atoms with Gasteiger partial charge in [-0.15, -0.1) is 11.3 Å². The molecule has 0 saturated heterocycles. The molecule has 104 valence electrons. The summed E-state index contributed by atoms with van der Waals surface area (Å²) >= 11 is 1.71. The first-order valence-electron chi connectivity index (χ1n) is 6.98. The van der Waals surface area contributed by atoms with Gasteiger partial charge in [0.2, 0.25) is 0 Å². The fraction of sp³-hybridized carbons (Fsp3) is 0.625. The van der Waals surface area contributed by atoms with Gasteiger partial charge in [-0.25, -0.2) is 0 Å². The van der Waals surface area contributed by atoms with E-state index in [1.807, 2.05) is 0 Å². The molecule has 2 rings (SSSR count). The lowest BCUT2D eigenvalue weighted by atomic mass is 9.76. The third-order valence-electron chi connectivity index (χ3n) is 3.72. The van der Waals surface area contributed by atoms with Gasteiger partial charge in [-0.3, -0.25) is 0 Å². The SMILES string of the molecule is CC1(C)CCC(OCc2ccc(C#CCN)s2)CC1. The van der Waals surface area contributed by atoms with Crippen LogP contribution in [0.4, 0.5) is 0 Å². The summed E-state index contributed by atoms with van der Waals surface area (Å²) in [6.07, 6.45) is 5.37. The van der Waals surface area contributed by atoms with Gasteiger partial charge < -0.3 is 10.5 Å². The number of hydrogen-bond donors (Lipinski definition) is 1. The third kappa shape index (κ3) is 4.65. The van der Waals surface area contributed by atoms with E-state index < -0.39 is 0 Å². The highest BCUT2D eigenvalue weighted by Crippen LogP contribution is 2.36. The van der Waals surface area contributed by atoms with E-state index in [2.05, 4.69) is 37.8 Å². The zero-order valence-electron chi connectivity index (χ0n) is 11.9. The van der Waals surface area contributed by atoms with E-state index in [-0.39, 0.29) is 0 Å². The normalized spacial score (nSPS) is 18.9. The van der Waals surface area contributed by atoms with E-state index in [0.717, 1.165) is 11.5 Å². The Morgan fingerprint density at radius 2 is 2.11 bits per heavy atom. The lowest BCUT2D eigenvalue weighted by Crippen LogP contribution is -2.26. The van der Waals surface area contributed by atoms with Crippen LogP contribution in [0, 0.1) is 17.3 Å². The van der Waals surface area contributed by atoms with Crippen LogP contribution in [0.15, 0.2) is 12.1 Å². The van der Waals surface area contributed by atoms with Crippen molar-refractivity contribution in [1.29, 1.82) is 0 Å². The highest BCUT2D eigenvalue weighted by atomic mass is 32.1. The van der Waals surface area contributed by atoms with Crippen LogP contribution < -0.4 is 5.73 Å². The number of nitrogens with two attached hydrogens (primary N) is 1. The van der Waals surface area contributed by atoms with Crippen molar-refractivity contribution >= 4 is 11.3 Å². The van der Waals surface area contributed by atoms with Gasteiger partial charge in [-0.1, -0.05) is 25.7 Å². The Hall–Kier alpha value is -0.820. The number of hydrogen-bond acceptors (Lipinski definition) is 3. The quantitative estimate of drug-likeness (QED) is 0.858. The predicted octanol–water partition coefficient (Wildman–Crippen LogP) is 3.54. The van der Waals surface area contributed by atoms with Crippen molar-refractivity contribution < 1.29 is 4.74 Å². The van der Waals surface area contributed by atoms with Crippen LogP contribution in [0.1, 0.15) is 49.3 Å². The molecule has 1 heterocycles. The molecule has 0 amide bonds. The molecule has 0 spiro atoms. The molecule has 0 atom stereocenters. The van der Waals surface area contributed by atoms with Gasteiger partial charge in [0, 0.05) is 4.88 Å². The van der Waals surface area contributed by atoms with Gasteiger partial charge in [0.15, 0.2) is 0 Å². The van der Waals surface area contributed by atoms with E-state index in [1.165, 1.54) is 30.6 Å². The number of thiophene rings is 1. The molecule has 0 radical (unpaired) electrons. The molecule has 1 aliphatic carbocycles.